The highest BCUT2D eigenvalue weighted by atomic mass is 32.1. The Labute approximate surface area is 142 Å². The summed E-state index contributed by atoms with van der Waals surface area (Å²) in [6, 6.07) is 7.65. The van der Waals surface area contributed by atoms with Gasteiger partial charge in [-0.25, -0.2) is 15.0 Å². The molecule has 0 aliphatic carbocycles. The monoisotopic (exact) mass is 337 g/mol. The van der Waals surface area contributed by atoms with Crippen LogP contribution >= 0.6 is 11.3 Å². The minimum Gasteiger partial charge on any atom is -0.324 e. The number of rotatable bonds is 2. The number of benzene rings is 1. The largest absolute Gasteiger partial charge is 0.324 e. The number of fused-ring (bicyclic) bond motifs is 2. The van der Waals surface area contributed by atoms with E-state index < -0.39 is 0 Å². The number of H-pyrrole nitrogens is 1. The van der Waals surface area contributed by atoms with Gasteiger partial charge < -0.3 is 4.98 Å². The summed E-state index contributed by atoms with van der Waals surface area (Å²) in [5.41, 5.74) is 3.51. The Morgan fingerprint density at radius 3 is 2.71 bits per heavy atom. The number of anilines is 1. The topological polar surface area (TPSA) is 83.6 Å². The summed E-state index contributed by atoms with van der Waals surface area (Å²) in [5.74, 6) is 0.967. The van der Waals surface area contributed by atoms with Crippen molar-refractivity contribution in [2.75, 3.05) is 5.32 Å². The molecule has 1 amide bonds. The van der Waals surface area contributed by atoms with Crippen molar-refractivity contribution in [3.63, 3.8) is 0 Å². The molecule has 0 unspecified atom stereocenters. The standard InChI is InChI=1S/C17H15N5OS/c1-8-13-9(2)18-10(3)19-16(13)24-14(8)15(23)22-17-20-11-6-4-5-7-12(11)21-17/h4-7H,1-3H3,(H2,20,21,22,23). The van der Waals surface area contributed by atoms with Crippen LogP contribution in [0.15, 0.2) is 24.3 Å². The van der Waals surface area contributed by atoms with E-state index in [2.05, 4.69) is 25.3 Å². The normalized spacial score (nSPS) is 11.3. The fourth-order valence-corrected chi connectivity index (χ4v) is 4.04. The summed E-state index contributed by atoms with van der Waals surface area (Å²) in [7, 11) is 0. The van der Waals surface area contributed by atoms with Crippen LogP contribution in [0.5, 0.6) is 0 Å². The molecule has 120 valence electrons. The highest BCUT2D eigenvalue weighted by molar-refractivity contribution is 7.20. The summed E-state index contributed by atoms with van der Waals surface area (Å²) in [5, 5.41) is 3.80. The Morgan fingerprint density at radius 1 is 1.12 bits per heavy atom. The minimum atomic E-state index is -0.188. The zero-order valence-corrected chi connectivity index (χ0v) is 14.3. The number of aromatic nitrogens is 4. The van der Waals surface area contributed by atoms with Gasteiger partial charge in [0.1, 0.15) is 10.7 Å². The van der Waals surface area contributed by atoms with E-state index >= 15 is 0 Å². The molecule has 4 rings (SSSR count). The van der Waals surface area contributed by atoms with E-state index in [9.17, 15) is 4.79 Å². The van der Waals surface area contributed by atoms with Gasteiger partial charge in [-0.2, -0.15) is 0 Å². The zero-order valence-electron chi connectivity index (χ0n) is 13.5. The molecule has 2 N–H and O–H groups in total. The molecular weight excluding hydrogens is 322 g/mol. The van der Waals surface area contributed by atoms with Gasteiger partial charge in [0.15, 0.2) is 0 Å². The summed E-state index contributed by atoms with van der Waals surface area (Å²) in [6.07, 6.45) is 0. The van der Waals surface area contributed by atoms with Gasteiger partial charge in [-0.05, 0) is 38.5 Å². The highest BCUT2D eigenvalue weighted by Gasteiger charge is 2.19. The Kier molecular flexibility index (Phi) is 3.31. The second-order valence-electron chi connectivity index (χ2n) is 5.65. The second-order valence-corrected chi connectivity index (χ2v) is 6.65. The van der Waals surface area contributed by atoms with Crippen LogP contribution < -0.4 is 5.32 Å². The van der Waals surface area contributed by atoms with Gasteiger partial charge in [-0.15, -0.1) is 11.3 Å². The van der Waals surface area contributed by atoms with Gasteiger partial charge in [0.05, 0.1) is 15.9 Å². The van der Waals surface area contributed by atoms with Gasteiger partial charge in [0.2, 0.25) is 5.95 Å². The lowest BCUT2D eigenvalue weighted by Gasteiger charge is -2.01. The van der Waals surface area contributed by atoms with Crippen LogP contribution in [0, 0.1) is 20.8 Å². The van der Waals surface area contributed by atoms with Crippen LogP contribution in [0.2, 0.25) is 0 Å². The van der Waals surface area contributed by atoms with Gasteiger partial charge >= 0.3 is 0 Å². The highest BCUT2D eigenvalue weighted by Crippen LogP contribution is 2.31. The first-order valence-corrected chi connectivity index (χ1v) is 8.35. The van der Waals surface area contributed by atoms with Crippen LogP contribution in [0.3, 0.4) is 0 Å². The van der Waals surface area contributed by atoms with Crippen molar-refractivity contribution < 1.29 is 4.79 Å². The van der Waals surface area contributed by atoms with Gasteiger partial charge in [-0.3, -0.25) is 10.1 Å². The molecule has 0 fully saturated rings. The molecule has 0 saturated heterocycles. The number of para-hydroxylation sites is 2. The first-order valence-electron chi connectivity index (χ1n) is 7.53. The smallest absolute Gasteiger partial charge is 0.268 e. The number of hydrogen-bond acceptors (Lipinski definition) is 5. The number of aryl methyl sites for hydroxylation is 3. The molecule has 0 aliphatic heterocycles. The third kappa shape index (κ3) is 2.33. The average Bonchev–Trinajstić information content (AvgIpc) is 3.07. The third-order valence-electron chi connectivity index (χ3n) is 3.91. The van der Waals surface area contributed by atoms with Crippen molar-refractivity contribution in [3.05, 3.63) is 46.2 Å². The molecule has 3 aromatic heterocycles. The summed E-state index contributed by atoms with van der Waals surface area (Å²) < 4.78 is 0. The quantitative estimate of drug-likeness (QED) is 0.583. The number of amides is 1. The first-order chi connectivity index (χ1) is 11.5. The molecule has 0 radical (unpaired) electrons. The third-order valence-corrected chi connectivity index (χ3v) is 5.09. The SMILES string of the molecule is Cc1nc(C)c2c(C)c(C(=O)Nc3nc4ccccc4[nH]3)sc2n1. The predicted molar refractivity (Wildman–Crippen MR) is 95.7 cm³/mol. The van der Waals surface area contributed by atoms with Crippen LogP contribution in [0.25, 0.3) is 21.3 Å². The van der Waals surface area contributed by atoms with Crippen molar-refractivity contribution >= 4 is 44.4 Å². The molecule has 6 nitrogen and oxygen atoms in total. The van der Waals surface area contributed by atoms with Gasteiger partial charge in [-0.1, -0.05) is 12.1 Å². The van der Waals surface area contributed by atoms with Crippen LogP contribution in [-0.4, -0.2) is 25.8 Å². The Morgan fingerprint density at radius 2 is 1.92 bits per heavy atom. The maximum atomic E-state index is 12.7. The number of carbonyl (C=O) groups is 1. The lowest BCUT2D eigenvalue weighted by Crippen LogP contribution is -2.12. The van der Waals surface area contributed by atoms with Crippen molar-refractivity contribution in [1.82, 2.24) is 19.9 Å². The summed E-state index contributed by atoms with van der Waals surface area (Å²) in [4.78, 5) is 30.5. The lowest BCUT2D eigenvalue weighted by molar-refractivity contribution is 0.102. The molecule has 0 aliphatic rings. The second kappa shape index (κ2) is 5.38. The van der Waals surface area contributed by atoms with E-state index in [1.807, 2.05) is 45.0 Å². The molecule has 1 aromatic carbocycles. The van der Waals surface area contributed by atoms with E-state index in [-0.39, 0.29) is 5.91 Å². The van der Waals surface area contributed by atoms with Gasteiger partial charge in [0, 0.05) is 11.1 Å². The van der Waals surface area contributed by atoms with E-state index in [1.54, 1.807) is 0 Å². The molecule has 0 bridgehead atoms. The Balaban J connectivity index is 1.73. The molecule has 3 heterocycles. The van der Waals surface area contributed by atoms with Crippen molar-refractivity contribution in [2.24, 2.45) is 0 Å². The first kappa shape index (κ1) is 14.8. The molecule has 0 atom stereocenters. The van der Waals surface area contributed by atoms with E-state index in [1.165, 1.54) is 11.3 Å². The summed E-state index contributed by atoms with van der Waals surface area (Å²) >= 11 is 1.38. The predicted octanol–water partition coefficient (Wildman–Crippen LogP) is 3.75. The van der Waals surface area contributed by atoms with Crippen molar-refractivity contribution in [2.45, 2.75) is 20.8 Å². The number of nitrogens with zero attached hydrogens (tertiary/aromatic N) is 3. The Bertz CT molecular complexity index is 1060. The number of thiophene rings is 1. The van der Waals surface area contributed by atoms with Crippen molar-refractivity contribution in [1.29, 1.82) is 0 Å². The number of imidazole rings is 1. The van der Waals surface area contributed by atoms with Crippen LogP contribution in [0.4, 0.5) is 5.95 Å². The van der Waals surface area contributed by atoms with Crippen LogP contribution in [-0.2, 0) is 0 Å². The molecule has 4 aromatic rings. The number of hydrogen-bond donors (Lipinski definition) is 2. The number of carbonyl (C=O) groups excluding carboxylic acids is 1. The van der Waals surface area contributed by atoms with E-state index in [0.29, 0.717) is 16.6 Å². The lowest BCUT2D eigenvalue weighted by atomic mass is 10.1. The minimum absolute atomic E-state index is 0.188. The Hall–Kier alpha value is -2.80. The molecule has 0 spiro atoms. The summed E-state index contributed by atoms with van der Waals surface area (Å²) in [6.45, 7) is 5.73. The zero-order chi connectivity index (χ0) is 16.8. The maximum absolute atomic E-state index is 12.7. The van der Waals surface area contributed by atoms with Gasteiger partial charge in [0.25, 0.3) is 5.91 Å². The molecule has 0 saturated carbocycles. The average molecular weight is 337 g/mol. The van der Waals surface area contributed by atoms with E-state index in [0.717, 1.165) is 32.5 Å². The number of aromatic amines is 1. The fourth-order valence-electron chi connectivity index (χ4n) is 2.87. The van der Waals surface area contributed by atoms with Crippen LogP contribution in [0.1, 0.15) is 26.8 Å². The molecule has 7 heteroatoms. The fraction of sp³-hybridized carbons (Fsp3) is 0.176. The maximum Gasteiger partial charge on any atom is 0.268 e. The number of nitrogens with one attached hydrogen (secondary N) is 2. The molecular formula is C17H15N5OS. The van der Waals surface area contributed by atoms with E-state index in [4.69, 9.17) is 0 Å². The molecule has 24 heavy (non-hydrogen) atoms. The van der Waals surface area contributed by atoms with Crippen molar-refractivity contribution in [3.8, 4) is 0 Å².